The van der Waals surface area contributed by atoms with Crippen LogP contribution in [0, 0.1) is 0 Å². The lowest BCUT2D eigenvalue weighted by molar-refractivity contribution is 0.0729. The minimum atomic E-state index is 0.166. The maximum Gasteiger partial charge on any atom is 0.264 e. The van der Waals surface area contributed by atoms with E-state index in [-0.39, 0.29) is 5.91 Å². The van der Waals surface area contributed by atoms with Gasteiger partial charge < -0.3 is 4.90 Å². The van der Waals surface area contributed by atoms with Gasteiger partial charge in [0.25, 0.3) is 5.91 Å². The average Bonchev–Trinajstić information content (AvgIpc) is 3.41. The highest BCUT2D eigenvalue weighted by molar-refractivity contribution is 7.20. The zero-order chi connectivity index (χ0) is 20.2. The monoisotopic (exact) mass is 417 g/mol. The number of nitrogens with zero attached hydrogens (tertiary/aromatic N) is 5. The molecule has 2 aliphatic rings. The molecule has 4 aromatic heterocycles. The van der Waals surface area contributed by atoms with E-state index < -0.39 is 0 Å². The van der Waals surface area contributed by atoms with Gasteiger partial charge in [-0.15, -0.1) is 11.3 Å². The maximum absolute atomic E-state index is 13.1. The summed E-state index contributed by atoms with van der Waals surface area (Å²) in [6.45, 7) is 1.75. The summed E-state index contributed by atoms with van der Waals surface area (Å²) in [6.07, 6.45) is 9.70. The normalized spacial score (nSPS) is 17.2. The average molecular weight is 418 g/mol. The van der Waals surface area contributed by atoms with Crippen LogP contribution >= 0.6 is 11.3 Å². The molecule has 0 bridgehead atoms. The van der Waals surface area contributed by atoms with E-state index >= 15 is 0 Å². The van der Waals surface area contributed by atoms with Crippen molar-refractivity contribution in [3.63, 3.8) is 0 Å². The SMILES string of the molecule is Cn1cc2cc(-c3cc(C4CC4)c4cc(C(=O)N5CCCCC5)sc4n3)cnc2n1. The molecule has 0 atom stereocenters. The number of carbonyl (C=O) groups is 1. The van der Waals surface area contributed by atoms with Crippen molar-refractivity contribution in [1.82, 2.24) is 24.6 Å². The molecular weight excluding hydrogens is 394 g/mol. The van der Waals surface area contributed by atoms with Crippen LogP contribution in [0.25, 0.3) is 32.5 Å². The molecule has 30 heavy (non-hydrogen) atoms. The van der Waals surface area contributed by atoms with Gasteiger partial charge in [-0.2, -0.15) is 5.10 Å². The highest BCUT2D eigenvalue weighted by Crippen LogP contribution is 2.45. The fraction of sp³-hybridized carbons (Fsp3) is 0.391. The molecule has 0 unspecified atom stereocenters. The highest BCUT2D eigenvalue weighted by atomic mass is 32.1. The first-order valence-corrected chi connectivity index (χ1v) is 11.5. The summed E-state index contributed by atoms with van der Waals surface area (Å²) >= 11 is 1.54. The first kappa shape index (κ1) is 18.0. The molecule has 4 aromatic rings. The molecule has 1 saturated heterocycles. The Kier molecular flexibility index (Phi) is 4.13. The van der Waals surface area contributed by atoms with Crippen molar-refractivity contribution in [3.8, 4) is 11.3 Å². The van der Waals surface area contributed by atoms with Crippen LogP contribution in [0.1, 0.15) is 53.3 Å². The van der Waals surface area contributed by atoms with Gasteiger partial charge in [-0.25, -0.2) is 9.97 Å². The highest BCUT2D eigenvalue weighted by Gasteiger charge is 2.29. The molecule has 1 aliphatic heterocycles. The van der Waals surface area contributed by atoms with Gasteiger partial charge in [0, 0.05) is 48.9 Å². The van der Waals surface area contributed by atoms with Gasteiger partial charge in [-0.1, -0.05) is 0 Å². The van der Waals surface area contributed by atoms with Crippen LogP contribution in [0.5, 0.6) is 0 Å². The predicted molar refractivity (Wildman–Crippen MR) is 119 cm³/mol. The van der Waals surface area contributed by atoms with Crippen molar-refractivity contribution < 1.29 is 4.79 Å². The molecule has 2 fully saturated rings. The van der Waals surface area contributed by atoms with Crippen molar-refractivity contribution in [1.29, 1.82) is 0 Å². The van der Waals surface area contributed by atoms with Crippen LogP contribution < -0.4 is 0 Å². The number of hydrogen-bond donors (Lipinski definition) is 0. The molecule has 0 N–H and O–H groups in total. The lowest BCUT2D eigenvalue weighted by Gasteiger charge is -2.26. The van der Waals surface area contributed by atoms with E-state index in [1.165, 1.54) is 36.2 Å². The molecule has 5 heterocycles. The molecule has 6 rings (SSSR count). The van der Waals surface area contributed by atoms with Crippen molar-refractivity contribution >= 4 is 38.5 Å². The molecule has 1 amide bonds. The van der Waals surface area contributed by atoms with E-state index in [0.29, 0.717) is 5.92 Å². The molecule has 1 aliphatic carbocycles. The Labute approximate surface area is 178 Å². The standard InChI is InChI=1S/C23H23N5OS/c1-27-13-16-9-15(12-24-21(16)26-27)19-10-17(14-5-6-14)18-11-20(30-22(18)25-19)23(29)28-7-3-2-4-8-28/h9-14H,2-8H2,1H3. The van der Waals surface area contributed by atoms with E-state index in [9.17, 15) is 4.79 Å². The lowest BCUT2D eigenvalue weighted by atomic mass is 10.0. The third kappa shape index (κ3) is 3.08. The molecular formula is C23H23N5OS. The van der Waals surface area contributed by atoms with Crippen molar-refractivity contribution in [2.45, 2.75) is 38.0 Å². The first-order valence-electron chi connectivity index (χ1n) is 10.7. The molecule has 0 spiro atoms. The number of amides is 1. The van der Waals surface area contributed by atoms with Crippen LogP contribution in [0.4, 0.5) is 0 Å². The number of carbonyl (C=O) groups excluding carboxylic acids is 1. The summed E-state index contributed by atoms with van der Waals surface area (Å²) in [7, 11) is 1.91. The number of hydrogen-bond acceptors (Lipinski definition) is 5. The van der Waals surface area contributed by atoms with Crippen LogP contribution in [0.3, 0.4) is 0 Å². The topological polar surface area (TPSA) is 63.9 Å². The Morgan fingerprint density at radius 2 is 1.97 bits per heavy atom. The lowest BCUT2D eigenvalue weighted by Crippen LogP contribution is -2.35. The number of thiophene rings is 1. The van der Waals surface area contributed by atoms with Gasteiger partial charge in [0.15, 0.2) is 5.65 Å². The maximum atomic E-state index is 13.1. The summed E-state index contributed by atoms with van der Waals surface area (Å²) in [5, 5.41) is 6.53. The van der Waals surface area contributed by atoms with Crippen LogP contribution in [-0.2, 0) is 7.05 Å². The zero-order valence-electron chi connectivity index (χ0n) is 17.0. The number of rotatable bonds is 3. The smallest absolute Gasteiger partial charge is 0.264 e. The zero-order valence-corrected chi connectivity index (χ0v) is 17.8. The summed E-state index contributed by atoms with van der Waals surface area (Å²) in [4.78, 5) is 26.3. The Balaban J connectivity index is 1.44. The van der Waals surface area contributed by atoms with E-state index in [1.807, 2.05) is 24.3 Å². The minimum absolute atomic E-state index is 0.166. The number of likely N-dealkylation sites (tertiary alicyclic amines) is 1. The first-order chi connectivity index (χ1) is 14.7. The van der Waals surface area contributed by atoms with Gasteiger partial charge in [0.2, 0.25) is 0 Å². The number of fused-ring (bicyclic) bond motifs is 2. The second kappa shape index (κ2) is 6.87. The van der Waals surface area contributed by atoms with Gasteiger partial charge >= 0.3 is 0 Å². The summed E-state index contributed by atoms with van der Waals surface area (Å²) in [6, 6.07) is 6.40. The Morgan fingerprint density at radius 3 is 2.77 bits per heavy atom. The molecule has 0 aromatic carbocycles. The van der Waals surface area contributed by atoms with Crippen molar-refractivity contribution in [2.24, 2.45) is 7.05 Å². The third-order valence-corrected chi connectivity index (χ3v) is 7.20. The van der Waals surface area contributed by atoms with Crippen LogP contribution in [0.2, 0.25) is 0 Å². The summed E-state index contributed by atoms with van der Waals surface area (Å²) < 4.78 is 1.78. The van der Waals surface area contributed by atoms with Crippen LogP contribution in [-0.4, -0.2) is 43.6 Å². The van der Waals surface area contributed by atoms with Crippen molar-refractivity contribution in [2.75, 3.05) is 13.1 Å². The fourth-order valence-corrected chi connectivity index (χ4v) is 5.48. The third-order valence-electron chi connectivity index (χ3n) is 6.18. The largest absolute Gasteiger partial charge is 0.338 e. The van der Waals surface area contributed by atoms with Gasteiger partial charge in [-0.05, 0) is 61.8 Å². The predicted octanol–water partition coefficient (Wildman–Crippen LogP) is 4.75. The number of piperidine rings is 1. The van der Waals surface area contributed by atoms with Gasteiger partial charge in [0.1, 0.15) is 4.83 Å². The number of aryl methyl sites for hydroxylation is 1. The van der Waals surface area contributed by atoms with E-state index in [1.54, 1.807) is 4.68 Å². The van der Waals surface area contributed by atoms with E-state index in [2.05, 4.69) is 28.3 Å². The Hall–Kier alpha value is -2.80. The summed E-state index contributed by atoms with van der Waals surface area (Å²) in [5.74, 6) is 0.747. The molecule has 152 valence electrons. The fourth-order valence-electron chi connectivity index (χ4n) is 4.45. The number of pyridine rings is 2. The molecule has 7 heteroatoms. The minimum Gasteiger partial charge on any atom is -0.338 e. The second-order valence-electron chi connectivity index (χ2n) is 8.49. The Morgan fingerprint density at radius 1 is 1.13 bits per heavy atom. The van der Waals surface area contributed by atoms with E-state index in [4.69, 9.17) is 4.98 Å². The second-order valence-corrected chi connectivity index (χ2v) is 9.52. The molecule has 6 nitrogen and oxygen atoms in total. The quantitative estimate of drug-likeness (QED) is 0.483. The van der Waals surface area contributed by atoms with Crippen LogP contribution in [0.15, 0.2) is 30.6 Å². The number of aromatic nitrogens is 4. The molecule has 0 radical (unpaired) electrons. The van der Waals surface area contributed by atoms with Gasteiger partial charge in [-0.3, -0.25) is 9.48 Å². The Bertz CT molecular complexity index is 1280. The summed E-state index contributed by atoms with van der Waals surface area (Å²) in [5.41, 5.74) is 4.00. The van der Waals surface area contributed by atoms with Crippen molar-refractivity contribution in [3.05, 3.63) is 41.0 Å². The van der Waals surface area contributed by atoms with Gasteiger partial charge in [0.05, 0.1) is 10.6 Å². The van der Waals surface area contributed by atoms with E-state index in [0.717, 1.165) is 63.3 Å². The molecule has 1 saturated carbocycles.